The molecule has 3 atom stereocenters. The van der Waals surface area contributed by atoms with Gasteiger partial charge < -0.3 is 88.7 Å². The van der Waals surface area contributed by atoms with Crippen LogP contribution in [0.3, 0.4) is 0 Å². The van der Waals surface area contributed by atoms with Crippen molar-refractivity contribution in [2.24, 2.45) is 11.7 Å². The van der Waals surface area contributed by atoms with Gasteiger partial charge >= 0.3 is 0 Å². The number of imide groups is 1. The molecule has 1 unspecified atom stereocenters. The molecule has 29 nitrogen and oxygen atoms in total. The minimum absolute atomic E-state index is 0.0430. The molecular weight excluding hydrogens is 1320 g/mol. The fourth-order valence-electron chi connectivity index (χ4n) is 10.5. The monoisotopic (exact) mass is 1450 g/mol. The van der Waals surface area contributed by atoms with Crippen LogP contribution in [0.25, 0.3) is 0 Å². The second-order valence-corrected chi connectivity index (χ2v) is 26.0. The summed E-state index contributed by atoms with van der Waals surface area (Å²) in [6.07, 6.45) is 15.3. The first-order chi connectivity index (χ1) is 48.7. The number of unbranched alkanes of at least 4 members (excludes halogenated alkanes) is 9. The summed E-state index contributed by atoms with van der Waals surface area (Å²) < 4.78 is 66.4. The number of carbonyl (C=O) groups excluding carboxylic acids is 9. The van der Waals surface area contributed by atoms with Crippen LogP contribution >= 0.6 is 11.8 Å². The van der Waals surface area contributed by atoms with Gasteiger partial charge in [-0.1, -0.05) is 65.2 Å². The van der Waals surface area contributed by atoms with Gasteiger partial charge in [-0.25, -0.2) is 0 Å². The maximum atomic E-state index is 13.0. The summed E-state index contributed by atoms with van der Waals surface area (Å²) in [4.78, 5) is 117. The predicted octanol–water partition coefficient (Wildman–Crippen LogP) is 3.21. The Balaban J connectivity index is 1.22. The van der Waals surface area contributed by atoms with Crippen LogP contribution in [0.5, 0.6) is 0 Å². The molecule has 0 aromatic rings. The SMILES string of the molecule is CCCCCCCCCCCC(=O)N[C@@H](CCCCNC(=O)CCOCCOCCOCCOCCOCCOCCOCCOCCOCCOCCOCCOCCCC(=O)CCN1C(=O)CC(SCCNC(=O)CN2CCN(CCCC(=O)C[C@@H](C)C(=O)NC)CC2)C1=O)C(N)=O. The maximum absolute atomic E-state index is 13.0. The first kappa shape index (κ1) is 91.7. The molecule has 2 saturated heterocycles. The number of thioether (sulfide) groups is 1. The Hall–Kier alpha value is -4.38. The molecule has 2 fully saturated rings. The van der Waals surface area contributed by atoms with Crippen LogP contribution in [0.4, 0.5) is 0 Å². The number of primary amides is 1. The smallest absolute Gasteiger partial charge is 0.242 e. The van der Waals surface area contributed by atoms with Crippen LogP contribution in [0.2, 0.25) is 0 Å². The van der Waals surface area contributed by atoms with Gasteiger partial charge in [0.15, 0.2) is 0 Å². The zero-order chi connectivity index (χ0) is 72.6. The highest BCUT2D eigenvalue weighted by Gasteiger charge is 2.38. The van der Waals surface area contributed by atoms with E-state index in [1.807, 2.05) is 0 Å². The van der Waals surface area contributed by atoms with Crippen molar-refractivity contribution in [2.45, 2.75) is 160 Å². The van der Waals surface area contributed by atoms with E-state index in [9.17, 15) is 43.2 Å². The molecule has 0 saturated carbocycles. The van der Waals surface area contributed by atoms with Gasteiger partial charge in [0.05, 0.1) is 164 Å². The summed E-state index contributed by atoms with van der Waals surface area (Å²) in [5, 5.41) is 10.6. The summed E-state index contributed by atoms with van der Waals surface area (Å²) in [6, 6.07) is -0.697. The number of ether oxygens (including phenoxy) is 12. The second kappa shape index (κ2) is 65.4. The number of likely N-dealkylation sites (tertiary alicyclic amines) is 1. The standard InChI is InChI=1S/C70H128N8O21S/c1-4-5-6-7-8-9-10-11-12-20-65(82)75-62(68(71)85)19-13-14-23-73-64(81)22-32-89-34-36-91-38-40-93-42-44-95-46-48-97-50-52-99-54-53-98-51-49-96-47-45-94-43-41-92-39-37-90-35-33-88-31-16-18-60(79)21-26-78-67(84)57-63(70(78)87)100-55-24-74-66(83)58-77-29-27-76(28-30-77)25-15-17-61(80)56-59(2)69(86)72-3/h59,62-63H,4-58H2,1-3H3,(H2,71,85)(H,72,86)(H,73,81)(H,74,83)(H,75,82)/t59-,62+,63?/m1/s1. The number of hydrogen-bond acceptors (Lipinski definition) is 24. The van der Waals surface area contributed by atoms with Gasteiger partial charge in [-0.05, 0) is 45.1 Å². The molecule has 100 heavy (non-hydrogen) atoms. The Bertz CT molecular complexity index is 2140. The van der Waals surface area contributed by atoms with Crippen LogP contribution in [0.15, 0.2) is 0 Å². The highest BCUT2D eigenvalue weighted by Crippen LogP contribution is 2.25. The minimum Gasteiger partial charge on any atom is -0.379 e. The number of ketones is 2. The van der Waals surface area contributed by atoms with Crippen molar-refractivity contribution in [1.29, 1.82) is 0 Å². The third-order valence-corrected chi connectivity index (χ3v) is 17.5. The first-order valence-corrected chi connectivity index (χ1v) is 38.0. The lowest BCUT2D eigenvalue weighted by Gasteiger charge is -2.34. The molecule has 7 amide bonds. The van der Waals surface area contributed by atoms with E-state index < -0.39 is 17.2 Å². The lowest BCUT2D eigenvalue weighted by Crippen LogP contribution is -2.49. The van der Waals surface area contributed by atoms with E-state index in [1.165, 1.54) is 55.2 Å². The average Bonchev–Trinajstić information content (AvgIpc) is 1.70. The van der Waals surface area contributed by atoms with Gasteiger partial charge in [-0.2, -0.15) is 0 Å². The molecule has 30 heteroatoms. The zero-order valence-corrected chi connectivity index (χ0v) is 61.8. The number of nitrogens with zero attached hydrogens (tertiary/aromatic N) is 3. The van der Waals surface area contributed by atoms with E-state index in [1.54, 1.807) is 14.0 Å². The zero-order valence-electron chi connectivity index (χ0n) is 61.0. The highest BCUT2D eigenvalue weighted by atomic mass is 32.2. The third kappa shape index (κ3) is 53.4. The van der Waals surface area contributed by atoms with E-state index in [2.05, 4.69) is 38.0 Å². The molecule has 580 valence electrons. The molecule has 0 aliphatic carbocycles. The van der Waals surface area contributed by atoms with Crippen molar-refractivity contribution in [2.75, 3.05) is 230 Å². The van der Waals surface area contributed by atoms with Crippen LogP contribution in [0, 0.1) is 5.92 Å². The van der Waals surface area contributed by atoms with Crippen LogP contribution in [0.1, 0.15) is 149 Å². The van der Waals surface area contributed by atoms with Crippen molar-refractivity contribution in [3.8, 4) is 0 Å². The van der Waals surface area contributed by atoms with Crippen LogP contribution in [-0.2, 0) is 100.0 Å². The molecule has 0 aromatic carbocycles. The number of Topliss-reactive ketones (excluding diaryl/α,β-unsaturated/α-hetero) is 2. The van der Waals surface area contributed by atoms with E-state index in [0.29, 0.717) is 209 Å². The lowest BCUT2D eigenvalue weighted by molar-refractivity contribution is -0.138. The summed E-state index contributed by atoms with van der Waals surface area (Å²) in [6.45, 7) is 19.1. The number of amides is 7. The molecule has 0 bridgehead atoms. The summed E-state index contributed by atoms with van der Waals surface area (Å²) in [7, 11) is 1.57. The topological polar surface area (TPSA) is 348 Å². The van der Waals surface area contributed by atoms with Gasteiger partial charge in [0, 0.05) is 116 Å². The Labute approximate surface area is 600 Å². The predicted molar refractivity (Wildman–Crippen MR) is 379 cm³/mol. The number of nitrogens with two attached hydrogens (primary N) is 1. The van der Waals surface area contributed by atoms with E-state index in [4.69, 9.17) is 62.6 Å². The largest absolute Gasteiger partial charge is 0.379 e. The molecule has 2 heterocycles. The van der Waals surface area contributed by atoms with E-state index >= 15 is 0 Å². The van der Waals surface area contributed by atoms with Crippen LogP contribution < -0.4 is 27.0 Å². The van der Waals surface area contributed by atoms with Crippen molar-refractivity contribution in [1.82, 2.24) is 36.0 Å². The highest BCUT2D eigenvalue weighted by molar-refractivity contribution is 8.00. The van der Waals surface area contributed by atoms with Gasteiger partial charge in [-0.15, -0.1) is 11.8 Å². The van der Waals surface area contributed by atoms with Gasteiger partial charge in [0.1, 0.15) is 17.6 Å². The van der Waals surface area contributed by atoms with Gasteiger partial charge in [0.2, 0.25) is 41.4 Å². The average molecular weight is 1450 g/mol. The Morgan fingerprint density at radius 1 is 0.470 bits per heavy atom. The third-order valence-electron chi connectivity index (χ3n) is 16.3. The normalized spacial score (nSPS) is 14.9. The molecule has 0 spiro atoms. The van der Waals surface area contributed by atoms with Gasteiger partial charge in [0.25, 0.3) is 0 Å². The fourth-order valence-corrected chi connectivity index (χ4v) is 11.5. The van der Waals surface area contributed by atoms with Crippen molar-refractivity contribution < 1.29 is 100.0 Å². The van der Waals surface area contributed by atoms with Gasteiger partial charge in [-0.3, -0.25) is 53.0 Å². The Morgan fingerprint density at radius 3 is 1.41 bits per heavy atom. The number of piperazine rings is 1. The molecule has 2 aliphatic rings. The fraction of sp³-hybridized carbons (Fsp3) is 0.871. The molecule has 0 aromatic heterocycles. The van der Waals surface area contributed by atoms with Crippen molar-refractivity contribution in [3.05, 3.63) is 0 Å². The molecule has 2 rings (SSSR count). The lowest BCUT2D eigenvalue weighted by atomic mass is 10.0. The summed E-state index contributed by atoms with van der Waals surface area (Å²) >= 11 is 1.34. The molecule has 6 N–H and O–H groups in total. The number of hydrogen-bond donors (Lipinski definition) is 5. The van der Waals surface area contributed by atoms with E-state index in [0.717, 1.165) is 58.4 Å². The molecular formula is C70H128N8O21S. The second-order valence-electron chi connectivity index (χ2n) is 24.7. The van der Waals surface area contributed by atoms with Crippen LogP contribution in [-0.4, -0.2) is 309 Å². The molecule has 0 radical (unpaired) electrons. The Morgan fingerprint density at radius 2 is 0.920 bits per heavy atom. The quantitative estimate of drug-likeness (QED) is 0.0431. The van der Waals surface area contributed by atoms with E-state index in [-0.39, 0.29) is 105 Å². The first-order valence-electron chi connectivity index (χ1n) is 36.9. The Kier molecular flexibility index (Phi) is 60.0. The number of rotatable bonds is 73. The number of nitrogens with one attached hydrogen (secondary N) is 4. The summed E-state index contributed by atoms with van der Waals surface area (Å²) in [5.74, 6) is -1.38. The summed E-state index contributed by atoms with van der Waals surface area (Å²) in [5.41, 5.74) is 5.53. The number of carbonyl (C=O) groups is 9. The molecule has 2 aliphatic heterocycles. The van der Waals surface area contributed by atoms with Crippen molar-refractivity contribution >= 4 is 64.7 Å². The minimum atomic E-state index is -0.697. The maximum Gasteiger partial charge on any atom is 0.242 e. The van der Waals surface area contributed by atoms with Crippen molar-refractivity contribution in [3.63, 3.8) is 0 Å².